The fraction of sp³-hybridized carbons (Fsp3) is 0.400. The van der Waals surface area contributed by atoms with Crippen molar-refractivity contribution in [2.75, 3.05) is 13.2 Å². The van der Waals surface area contributed by atoms with Gasteiger partial charge in [0, 0.05) is 50.1 Å². The lowest BCUT2D eigenvalue weighted by molar-refractivity contribution is 0.0614. The van der Waals surface area contributed by atoms with Crippen LogP contribution in [-0.2, 0) is 11.3 Å². The third-order valence-electron chi connectivity index (χ3n) is 4.95. The molecule has 3 heterocycles. The number of nitrogens with zero attached hydrogens (tertiary/aromatic N) is 4. The Hall–Kier alpha value is -2.40. The zero-order valence-electron chi connectivity index (χ0n) is 14.9. The summed E-state index contributed by atoms with van der Waals surface area (Å²) in [6.07, 6.45) is 10.0. The Morgan fingerprint density at radius 1 is 1.12 bits per heavy atom. The van der Waals surface area contributed by atoms with E-state index in [0.29, 0.717) is 5.92 Å². The summed E-state index contributed by atoms with van der Waals surface area (Å²) in [4.78, 5) is 4.70. The molecule has 5 heteroatoms. The maximum absolute atomic E-state index is 5.50. The third-order valence-corrected chi connectivity index (χ3v) is 4.95. The van der Waals surface area contributed by atoms with Gasteiger partial charge in [-0.25, -0.2) is 9.67 Å². The van der Waals surface area contributed by atoms with Gasteiger partial charge < -0.3 is 9.30 Å². The number of benzene rings is 1. The molecule has 0 radical (unpaired) electrons. The molecule has 3 aromatic rings. The van der Waals surface area contributed by atoms with Gasteiger partial charge in [-0.05, 0) is 55.9 Å². The van der Waals surface area contributed by atoms with E-state index in [2.05, 4.69) is 41.8 Å². The molecule has 1 fully saturated rings. The lowest BCUT2D eigenvalue weighted by Gasteiger charge is -2.23. The smallest absolute Gasteiger partial charge is 0.142 e. The summed E-state index contributed by atoms with van der Waals surface area (Å²) in [5.74, 6) is 1.68. The summed E-state index contributed by atoms with van der Waals surface area (Å²) >= 11 is 0. The molecule has 0 aliphatic carbocycles. The number of imidazole rings is 1. The molecular formula is C20H24N4O. The van der Waals surface area contributed by atoms with E-state index in [1.165, 1.54) is 11.1 Å². The minimum Gasteiger partial charge on any atom is -0.381 e. The van der Waals surface area contributed by atoms with E-state index in [9.17, 15) is 0 Å². The van der Waals surface area contributed by atoms with Gasteiger partial charge in [0.05, 0.1) is 5.69 Å². The van der Waals surface area contributed by atoms with Crippen molar-refractivity contribution in [3.05, 3.63) is 54.1 Å². The summed E-state index contributed by atoms with van der Waals surface area (Å²) in [6.45, 7) is 7.01. The van der Waals surface area contributed by atoms with Crippen molar-refractivity contribution in [2.24, 2.45) is 5.92 Å². The van der Waals surface area contributed by atoms with Crippen LogP contribution in [0.3, 0.4) is 0 Å². The molecule has 0 bridgehead atoms. The molecule has 4 rings (SSSR count). The molecule has 1 saturated heterocycles. The normalized spacial score (nSPS) is 15.6. The number of ether oxygens (including phenoxy) is 1. The van der Waals surface area contributed by atoms with Gasteiger partial charge >= 0.3 is 0 Å². The highest BCUT2D eigenvalue weighted by molar-refractivity contribution is 5.72. The van der Waals surface area contributed by atoms with Gasteiger partial charge in [0.2, 0.25) is 0 Å². The third kappa shape index (κ3) is 3.24. The molecule has 0 spiro atoms. The maximum atomic E-state index is 5.50. The quantitative estimate of drug-likeness (QED) is 0.728. The van der Waals surface area contributed by atoms with Crippen LogP contribution in [0, 0.1) is 19.8 Å². The van der Waals surface area contributed by atoms with Gasteiger partial charge in [-0.2, -0.15) is 5.10 Å². The van der Waals surface area contributed by atoms with Gasteiger partial charge in [-0.1, -0.05) is 6.07 Å². The van der Waals surface area contributed by atoms with Gasteiger partial charge in [-0.15, -0.1) is 0 Å². The largest absolute Gasteiger partial charge is 0.381 e. The van der Waals surface area contributed by atoms with Crippen LogP contribution in [-0.4, -0.2) is 32.5 Å². The predicted octanol–water partition coefficient (Wildman–Crippen LogP) is 3.78. The second kappa shape index (κ2) is 6.84. The van der Waals surface area contributed by atoms with E-state index in [0.717, 1.165) is 49.7 Å². The lowest BCUT2D eigenvalue weighted by Crippen LogP contribution is -2.20. The first kappa shape index (κ1) is 16.1. The lowest BCUT2D eigenvalue weighted by atomic mass is 9.99. The topological polar surface area (TPSA) is 44.9 Å². The molecule has 25 heavy (non-hydrogen) atoms. The first-order chi connectivity index (χ1) is 12.2. The molecule has 130 valence electrons. The summed E-state index contributed by atoms with van der Waals surface area (Å²) in [5, 5.41) is 4.45. The molecule has 5 nitrogen and oxygen atoms in total. The molecular weight excluding hydrogens is 312 g/mol. The van der Waals surface area contributed by atoms with Crippen molar-refractivity contribution in [2.45, 2.75) is 33.2 Å². The fourth-order valence-corrected chi connectivity index (χ4v) is 3.72. The predicted molar refractivity (Wildman–Crippen MR) is 97.8 cm³/mol. The van der Waals surface area contributed by atoms with E-state index < -0.39 is 0 Å². The van der Waals surface area contributed by atoms with Crippen molar-refractivity contribution in [3.8, 4) is 17.1 Å². The number of aromatic nitrogens is 4. The minimum atomic E-state index is 0.653. The van der Waals surface area contributed by atoms with Gasteiger partial charge in [0.25, 0.3) is 0 Å². The molecule has 1 aromatic carbocycles. The number of aryl methyl sites for hydroxylation is 2. The second-order valence-corrected chi connectivity index (χ2v) is 6.89. The zero-order chi connectivity index (χ0) is 17.2. The summed E-state index contributed by atoms with van der Waals surface area (Å²) < 4.78 is 9.72. The SMILES string of the molecule is Cc1cc(C)c(-c2nccn2CC2CCOCC2)c(-n2cccn2)c1. The number of rotatable bonds is 4. The first-order valence-electron chi connectivity index (χ1n) is 8.93. The molecule has 0 N–H and O–H groups in total. The Morgan fingerprint density at radius 3 is 2.72 bits per heavy atom. The van der Waals surface area contributed by atoms with Crippen LogP contribution in [0.2, 0.25) is 0 Å². The average Bonchev–Trinajstić information content (AvgIpc) is 3.27. The van der Waals surface area contributed by atoms with Gasteiger partial charge in [0.15, 0.2) is 0 Å². The highest BCUT2D eigenvalue weighted by Gasteiger charge is 2.20. The Labute approximate surface area is 148 Å². The van der Waals surface area contributed by atoms with Crippen LogP contribution in [0.5, 0.6) is 0 Å². The maximum Gasteiger partial charge on any atom is 0.142 e. The summed E-state index contributed by atoms with van der Waals surface area (Å²) in [5.41, 5.74) is 4.70. The van der Waals surface area contributed by atoms with Gasteiger partial charge in [-0.3, -0.25) is 0 Å². The molecule has 1 aliphatic heterocycles. The number of hydrogen-bond acceptors (Lipinski definition) is 3. The van der Waals surface area contributed by atoms with Crippen LogP contribution < -0.4 is 0 Å². The minimum absolute atomic E-state index is 0.653. The van der Waals surface area contributed by atoms with Crippen molar-refractivity contribution < 1.29 is 4.74 Å². The fourth-order valence-electron chi connectivity index (χ4n) is 3.72. The van der Waals surface area contributed by atoms with Crippen LogP contribution in [0.1, 0.15) is 24.0 Å². The van der Waals surface area contributed by atoms with Crippen LogP contribution in [0.15, 0.2) is 43.0 Å². The molecule has 0 atom stereocenters. The van der Waals surface area contributed by atoms with Crippen molar-refractivity contribution in [3.63, 3.8) is 0 Å². The Bertz CT molecular complexity index is 845. The van der Waals surface area contributed by atoms with Gasteiger partial charge in [0.1, 0.15) is 5.82 Å². The first-order valence-corrected chi connectivity index (χ1v) is 8.93. The standard InChI is InChI=1S/C20H24N4O/c1-15-12-16(2)19(18(13-15)24-8-3-6-22-24)20-21-7-9-23(20)14-17-4-10-25-11-5-17/h3,6-9,12-13,17H,4-5,10-11,14H2,1-2H3. The molecule has 0 unspecified atom stereocenters. The zero-order valence-corrected chi connectivity index (χ0v) is 14.9. The highest BCUT2D eigenvalue weighted by Crippen LogP contribution is 2.31. The second-order valence-electron chi connectivity index (χ2n) is 6.89. The Kier molecular flexibility index (Phi) is 4.40. The summed E-state index contributed by atoms with van der Waals surface area (Å²) in [6, 6.07) is 6.36. The van der Waals surface area contributed by atoms with E-state index in [1.807, 2.05) is 29.3 Å². The van der Waals surface area contributed by atoms with Crippen molar-refractivity contribution >= 4 is 0 Å². The van der Waals surface area contributed by atoms with E-state index in [-0.39, 0.29) is 0 Å². The van der Waals surface area contributed by atoms with E-state index in [1.54, 1.807) is 0 Å². The van der Waals surface area contributed by atoms with E-state index in [4.69, 9.17) is 9.72 Å². The van der Waals surface area contributed by atoms with Crippen LogP contribution in [0.25, 0.3) is 17.1 Å². The number of hydrogen-bond donors (Lipinski definition) is 0. The van der Waals surface area contributed by atoms with Crippen LogP contribution >= 0.6 is 0 Å². The summed E-state index contributed by atoms with van der Waals surface area (Å²) in [7, 11) is 0. The highest BCUT2D eigenvalue weighted by atomic mass is 16.5. The molecule has 0 saturated carbocycles. The monoisotopic (exact) mass is 336 g/mol. The Balaban J connectivity index is 1.77. The van der Waals surface area contributed by atoms with Crippen molar-refractivity contribution in [1.29, 1.82) is 0 Å². The average molecular weight is 336 g/mol. The molecule has 1 aliphatic rings. The van der Waals surface area contributed by atoms with Crippen LogP contribution in [0.4, 0.5) is 0 Å². The van der Waals surface area contributed by atoms with E-state index >= 15 is 0 Å². The Morgan fingerprint density at radius 2 is 1.96 bits per heavy atom. The molecule has 2 aromatic heterocycles. The molecule has 0 amide bonds. The van der Waals surface area contributed by atoms with Crippen molar-refractivity contribution in [1.82, 2.24) is 19.3 Å².